The fourth-order valence-corrected chi connectivity index (χ4v) is 1.92. The van der Waals surface area contributed by atoms with E-state index in [9.17, 15) is 9.90 Å². The Morgan fingerprint density at radius 2 is 2.36 bits per heavy atom. The van der Waals surface area contributed by atoms with Crippen molar-refractivity contribution >= 4 is 27.5 Å². The molecule has 0 saturated heterocycles. The van der Waals surface area contributed by atoms with Crippen LogP contribution >= 0.6 is 15.9 Å². The molecule has 0 spiro atoms. The standard InChI is InChI=1S/C10H10BrNO2/c11-5-9(13)6-1-2-8-7(3-6)4-10(14)12-8/h1-3,9,13H,4-5H2,(H,12,14). The molecule has 1 aromatic rings. The number of halogens is 1. The van der Waals surface area contributed by atoms with Crippen molar-refractivity contribution in [1.82, 2.24) is 0 Å². The quantitative estimate of drug-likeness (QED) is 0.790. The smallest absolute Gasteiger partial charge is 0.228 e. The van der Waals surface area contributed by atoms with Gasteiger partial charge in [-0.05, 0) is 17.2 Å². The molecule has 1 heterocycles. The van der Waals surface area contributed by atoms with Crippen LogP contribution in [0, 0.1) is 0 Å². The number of nitrogens with one attached hydrogen (secondary N) is 1. The summed E-state index contributed by atoms with van der Waals surface area (Å²) in [5.74, 6) is 0.0190. The molecular formula is C10H10BrNO2. The zero-order chi connectivity index (χ0) is 10.1. The lowest BCUT2D eigenvalue weighted by Crippen LogP contribution is -2.03. The summed E-state index contributed by atoms with van der Waals surface area (Å²) in [5, 5.41) is 12.8. The van der Waals surface area contributed by atoms with Gasteiger partial charge in [-0.1, -0.05) is 28.1 Å². The van der Waals surface area contributed by atoms with Gasteiger partial charge in [-0.3, -0.25) is 4.79 Å². The third kappa shape index (κ3) is 1.67. The highest BCUT2D eigenvalue weighted by atomic mass is 79.9. The topological polar surface area (TPSA) is 49.3 Å². The van der Waals surface area contributed by atoms with E-state index in [-0.39, 0.29) is 5.91 Å². The molecule has 74 valence electrons. The zero-order valence-corrected chi connectivity index (χ0v) is 9.04. The summed E-state index contributed by atoms with van der Waals surface area (Å²) in [6, 6.07) is 5.54. The predicted octanol–water partition coefficient (Wildman–Crippen LogP) is 1.61. The van der Waals surface area contributed by atoms with Gasteiger partial charge in [-0.15, -0.1) is 0 Å². The van der Waals surface area contributed by atoms with Crippen molar-refractivity contribution in [2.45, 2.75) is 12.5 Å². The van der Waals surface area contributed by atoms with Gasteiger partial charge >= 0.3 is 0 Å². The molecule has 2 N–H and O–H groups in total. The van der Waals surface area contributed by atoms with Gasteiger partial charge in [0, 0.05) is 11.0 Å². The molecule has 0 bridgehead atoms. The lowest BCUT2D eigenvalue weighted by molar-refractivity contribution is -0.115. The number of aliphatic hydroxyl groups is 1. The SMILES string of the molecule is O=C1Cc2cc(C(O)CBr)ccc2N1. The molecule has 0 aromatic heterocycles. The molecule has 4 heteroatoms. The molecule has 2 rings (SSSR count). The highest BCUT2D eigenvalue weighted by Crippen LogP contribution is 2.26. The van der Waals surface area contributed by atoms with Gasteiger partial charge < -0.3 is 10.4 Å². The Labute approximate surface area is 90.3 Å². The van der Waals surface area contributed by atoms with Crippen LogP contribution in [0.2, 0.25) is 0 Å². The minimum atomic E-state index is -0.504. The number of alkyl halides is 1. The van der Waals surface area contributed by atoms with E-state index in [4.69, 9.17) is 0 Å². The van der Waals surface area contributed by atoms with Crippen LogP contribution in [0.3, 0.4) is 0 Å². The molecular weight excluding hydrogens is 246 g/mol. The molecule has 0 saturated carbocycles. The first-order chi connectivity index (χ1) is 6.70. The summed E-state index contributed by atoms with van der Waals surface area (Å²) in [4.78, 5) is 11.1. The van der Waals surface area contributed by atoms with E-state index >= 15 is 0 Å². The minimum absolute atomic E-state index is 0.0190. The fraction of sp³-hybridized carbons (Fsp3) is 0.300. The number of anilines is 1. The number of fused-ring (bicyclic) bond motifs is 1. The highest BCUT2D eigenvalue weighted by Gasteiger charge is 2.18. The summed E-state index contributed by atoms with van der Waals surface area (Å²) >= 11 is 3.21. The Hall–Kier alpha value is -0.870. The summed E-state index contributed by atoms with van der Waals surface area (Å²) in [7, 11) is 0. The molecule has 1 aliphatic rings. The molecule has 0 aliphatic carbocycles. The van der Waals surface area contributed by atoms with Crippen LogP contribution in [0.15, 0.2) is 18.2 Å². The van der Waals surface area contributed by atoms with Crippen LogP contribution in [0.1, 0.15) is 17.2 Å². The van der Waals surface area contributed by atoms with Gasteiger partial charge in [0.05, 0.1) is 12.5 Å². The van der Waals surface area contributed by atoms with Crippen molar-refractivity contribution in [2.75, 3.05) is 10.6 Å². The number of amides is 1. The van der Waals surface area contributed by atoms with E-state index < -0.39 is 6.10 Å². The van der Waals surface area contributed by atoms with E-state index in [0.717, 1.165) is 16.8 Å². The van der Waals surface area contributed by atoms with E-state index in [1.54, 1.807) is 0 Å². The average molecular weight is 256 g/mol. The number of carbonyl (C=O) groups excluding carboxylic acids is 1. The maximum Gasteiger partial charge on any atom is 0.228 e. The van der Waals surface area contributed by atoms with Crippen molar-refractivity contribution in [3.8, 4) is 0 Å². The van der Waals surface area contributed by atoms with E-state index in [1.807, 2.05) is 18.2 Å². The second-order valence-electron chi connectivity index (χ2n) is 3.31. The Balaban J connectivity index is 2.32. The maximum atomic E-state index is 11.1. The molecule has 3 nitrogen and oxygen atoms in total. The highest BCUT2D eigenvalue weighted by molar-refractivity contribution is 9.09. The maximum absolute atomic E-state index is 11.1. The lowest BCUT2D eigenvalue weighted by Gasteiger charge is -2.08. The second kappa shape index (κ2) is 3.71. The number of carbonyl (C=O) groups is 1. The van der Waals surface area contributed by atoms with Crippen molar-refractivity contribution in [3.05, 3.63) is 29.3 Å². The van der Waals surface area contributed by atoms with Crippen LogP contribution in [-0.2, 0) is 11.2 Å². The number of hydrogen-bond acceptors (Lipinski definition) is 2. The third-order valence-electron chi connectivity index (χ3n) is 2.29. The first-order valence-corrected chi connectivity index (χ1v) is 5.49. The number of hydrogen-bond donors (Lipinski definition) is 2. The van der Waals surface area contributed by atoms with Crippen molar-refractivity contribution in [1.29, 1.82) is 0 Å². The van der Waals surface area contributed by atoms with Gasteiger partial charge in [0.15, 0.2) is 0 Å². The second-order valence-corrected chi connectivity index (χ2v) is 3.96. The molecule has 1 aromatic carbocycles. The summed E-state index contributed by atoms with van der Waals surface area (Å²) in [6.45, 7) is 0. The van der Waals surface area contributed by atoms with Gasteiger partial charge in [0.2, 0.25) is 5.91 Å². The number of aliphatic hydroxyl groups excluding tert-OH is 1. The van der Waals surface area contributed by atoms with Gasteiger partial charge in [-0.25, -0.2) is 0 Å². The Kier molecular flexibility index (Phi) is 2.56. The van der Waals surface area contributed by atoms with Crippen LogP contribution in [0.25, 0.3) is 0 Å². The molecule has 14 heavy (non-hydrogen) atoms. The molecule has 1 aliphatic heterocycles. The largest absolute Gasteiger partial charge is 0.388 e. The van der Waals surface area contributed by atoms with Crippen LogP contribution in [-0.4, -0.2) is 16.3 Å². The predicted molar refractivity (Wildman–Crippen MR) is 57.5 cm³/mol. The van der Waals surface area contributed by atoms with Crippen molar-refractivity contribution in [3.63, 3.8) is 0 Å². The molecule has 0 fully saturated rings. The van der Waals surface area contributed by atoms with Gasteiger partial charge in [0.25, 0.3) is 0 Å². The van der Waals surface area contributed by atoms with E-state index in [2.05, 4.69) is 21.2 Å². The number of rotatable bonds is 2. The third-order valence-corrected chi connectivity index (χ3v) is 2.90. The number of benzene rings is 1. The molecule has 0 radical (unpaired) electrons. The summed E-state index contributed by atoms with van der Waals surface area (Å²) in [5.41, 5.74) is 2.67. The van der Waals surface area contributed by atoms with Gasteiger partial charge in [-0.2, -0.15) is 0 Å². The summed E-state index contributed by atoms with van der Waals surface area (Å²) in [6.07, 6.45) is -0.0888. The first kappa shape index (κ1) is 9.68. The molecule has 1 amide bonds. The first-order valence-electron chi connectivity index (χ1n) is 4.37. The average Bonchev–Trinajstić information content (AvgIpc) is 2.55. The monoisotopic (exact) mass is 255 g/mol. The molecule has 1 unspecified atom stereocenters. The lowest BCUT2D eigenvalue weighted by atomic mass is 10.1. The van der Waals surface area contributed by atoms with E-state index in [1.165, 1.54) is 0 Å². The van der Waals surface area contributed by atoms with Crippen LogP contribution in [0.5, 0.6) is 0 Å². The zero-order valence-electron chi connectivity index (χ0n) is 7.46. The van der Waals surface area contributed by atoms with Crippen molar-refractivity contribution < 1.29 is 9.90 Å². The van der Waals surface area contributed by atoms with E-state index in [0.29, 0.717) is 11.8 Å². The van der Waals surface area contributed by atoms with Gasteiger partial charge in [0.1, 0.15) is 0 Å². The normalized spacial score (nSPS) is 16.3. The van der Waals surface area contributed by atoms with Crippen molar-refractivity contribution in [2.24, 2.45) is 0 Å². The Morgan fingerprint density at radius 1 is 1.57 bits per heavy atom. The minimum Gasteiger partial charge on any atom is -0.388 e. The fourth-order valence-electron chi connectivity index (χ4n) is 1.55. The Morgan fingerprint density at radius 3 is 3.07 bits per heavy atom. The summed E-state index contributed by atoms with van der Waals surface area (Å²) < 4.78 is 0. The van der Waals surface area contributed by atoms with Crippen LogP contribution in [0.4, 0.5) is 5.69 Å². The molecule has 1 atom stereocenters. The Bertz CT molecular complexity index is 378. The van der Waals surface area contributed by atoms with Crippen LogP contribution < -0.4 is 5.32 Å².